The van der Waals surface area contributed by atoms with Gasteiger partial charge in [-0.15, -0.1) is 0 Å². The fourth-order valence-corrected chi connectivity index (χ4v) is 2.66. The van der Waals surface area contributed by atoms with E-state index in [4.69, 9.17) is 4.74 Å². The molecule has 132 valence electrons. The van der Waals surface area contributed by atoms with Crippen LogP contribution in [0.3, 0.4) is 0 Å². The van der Waals surface area contributed by atoms with Gasteiger partial charge in [0.1, 0.15) is 6.04 Å². The highest BCUT2D eigenvalue weighted by molar-refractivity contribution is 6.01. The van der Waals surface area contributed by atoms with Crippen molar-refractivity contribution in [2.75, 3.05) is 6.61 Å². The quantitative estimate of drug-likeness (QED) is 0.506. The van der Waals surface area contributed by atoms with E-state index in [9.17, 15) is 24.5 Å². The third kappa shape index (κ3) is 3.49. The number of carbonyl (C=O) groups excluding carboxylic acids is 3. The molecule has 9 nitrogen and oxygen atoms in total. The Bertz CT molecular complexity index is 786. The second kappa shape index (κ2) is 7.12. The fraction of sp³-hybridized carbons (Fsp3) is 0.312. The number of nitrogens with zero attached hydrogens (tertiary/aromatic N) is 2. The zero-order valence-electron chi connectivity index (χ0n) is 13.9. The number of non-ortho nitro benzene ring substituents is 1. The van der Waals surface area contributed by atoms with Crippen LogP contribution < -0.4 is 5.32 Å². The molecule has 0 aromatic heterocycles. The summed E-state index contributed by atoms with van der Waals surface area (Å²) >= 11 is 0. The van der Waals surface area contributed by atoms with Crippen LogP contribution in [0.25, 0.3) is 0 Å². The number of ether oxygens (including phenoxy) is 1. The van der Waals surface area contributed by atoms with Gasteiger partial charge in [0.25, 0.3) is 5.69 Å². The SMILES string of the molecule is CCOC(=O)C1=C(C)NC(=O)N(C(C)=O)[C@@H]1c1cccc([N+](=O)[O-])c1. The molecule has 1 heterocycles. The molecule has 0 unspecified atom stereocenters. The number of carbonyl (C=O) groups is 3. The molecular weight excluding hydrogens is 330 g/mol. The highest BCUT2D eigenvalue weighted by Gasteiger charge is 2.41. The minimum Gasteiger partial charge on any atom is -0.463 e. The first-order chi connectivity index (χ1) is 11.8. The first kappa shape index (κ1) is 18.1. The summed E-state index contributed by atoms with van der Waals surface area (Å²) in [5, 5.41) is 13.5. The highest BCUT2D eigenvalue weighted by Crippen LogP contribution is 2.35. The van der Waals surface area contributed by atoms with Crippen LogP contribution in [0.5, 0.6) is 0 Å². The Morgan fingerprint density at radius 2 is 2.08 bits per heavy atom. The molecule has 3 amide bonds. The smallest absolute Gasteiger partial charge is 0.338 e. The van der Waals surface area contributed by atoms with Crippen LogP contribution in [0.2, 0.25) is 0 Å². The fourth-order valence-electron chi connectivity index (χ4n) is 2.66. The Balaban J connectivity index is 2.67. The van der Waals surface area contributed by atoms with Gasteiger partial charge >= 0.3 is 12.0 Å². The lowest BCUT2D eigenvalue weighted by atomic mass is 9.93. The van der Waals surface area contributed by atoms with Crippen molar-refractivity contribution in [3.8, 4) is 0 Å². The van der Waals surface area contributed by atoms with Gasteiger partial charge in [0, 0.05) is 24.8 Å². The average Bonchev–Trinajstić information content (AvgIpc) is 2.53. The standard InChI is InChI=1S/C16H17N3O6/c1-4-25-15(21)13-9(2)17-16(22)18(10(3)20)14(13)11-6-5-7-12(8-11)19(23)24/h5-8,14H,4H2,1-3H3,(H,17,22)/t14-/m1/s1. The summed E-state index contributed by atoms with van der Waals surface area (Å²) in [4.78, 5) is 47.9. The summed E-state index contributed by atoms with van der Waals surface area (Å²) in [5.41, 5.74) is 0.337. The van der Waals surface area contributed by atoms with Crippen LogP contribution in [0, 0.1) is 10.1 Å². The van der Waals surface area contributed by atoms with Crippen molar-refractivity contribution in [1.29, 1.82) is 0 Å². The van der Waals surface area contributed by atoms with E-state index in [0.717, 1.165) is 4.90 Å². The summed E-state index contributed by atoms with van der Waals surface area (Å²) in [6.45, 7) is 4.41. The molecule has 0 aliphatic carbocycles. The first-order valence-corrected chi connectivity index (χ1v) is 7.51. The number of hydrogen-bond donors (Lipinski definition) is 1. The molecular formula is C16H17N3O6. The molecule has 25 heavy (non-hydrogen) atoms. The van der Waals surface area contributed by atoms with E-state index in [1.54, 1.807) is 6.92 Å². The molecule has 0 saturated carbocycles. The third-order valence-corrected chi connectivity index (χ3v) is 3.68. The van der Waals surface area contributed by atoms with Crippen molar-refractivity contribution < 1.29 is 24.0 Å². The molecule has 0 bridgehead atoms. The summed E-state index contributed by atoms with van der Waals surface area (Å²) < 4.78 is 5.02. The second-order valence-electron chi connectivity index (χ2n) is 5.33. The molecule has 0 fully saturated rings. The summed E-state index contributed by atoms with van der Waals surface area (Å²) in [5.74, 6) is -1.31. The van der Waals surface area contributed by atoms with Gasteiger partial charge in [-0.1, -0.05) is 12.1 Å². The maximum Gasteiger partial charge on any atom is 0.338 e. The van der Waals surface area contributed by atoms with E-state index in [0.29, 0.717) is 0 Å². The maximum atomic E-state index is 12.4. The van der Waals surface area contributed by atoms with Crippen molar-refractivity contribution in [3.63, 3.8) is 0 Å². The number of amides is 3. The number of nitrogens with one attached hydrogen (secondary N) is 1. The van der Waals surface area contributed by atoms with Crippen LogP contribution in [0.1, 0.15) is 32.4 Å². The van der Waals surface area contributed by atoms with Crippen LogP contribution in [-0.4, -0.2) is 34.3 Å². The molecule has 0 saturated heterocycles. The molecule has 2 rings (SSSR count). The number of urea groups is 1. The van der Waals surface area contributed by atoms with Gasteiger partial charge in [-0.25, -0.2) is 9.59 Å². The molecule has 1 aromatic carbocycles. The predicted octanol–water partition coefficient (Wildman–Crippen LogP) is 2.04. The predicted molar refractivity (Wildman–Crippen MR) is 86.2 cm³/mol. The second-order valence-corrected chi connectivity index (χ2v) is 5.33. The normalized spacial score (nSPS) is 17.2. The Morgan fingerprint density at radius 3 is 2.64 bits per heavy atom. The molecule has 0 spiro atoms. The first-order valence-electron chi connectivity index (χ1n) is 7.51. The number of rotatable bonds is 4. The Hall–Kier alpha value is -3.23. The van der Waals surface area contributed by atoms with Gasteiger partial charge in [0.15, 0.2) is 0 Å². The van der Waals surface area contributed by atoms with Crippen LogP contribution in [-0.2, 0) is 14.3 Å². The van der Waals surface area contributed by atoms with Gasteiger partial charge in [0.05, 0.1) is 17.1 Å². The van der Waals surface area contributed by atoms with E-state index in [-0.39, 0.29) is 29.1 Å². The van der Waals surface area contributed by atoms with Crippen molar-refractivity contribution in [2.24, 2.45) is 0 Å². The Morgan fingerprint density at radius 1 is 1.40 bits per heavy atom. The number of allylic oxidation sites excluding steroid dienone is 1. The number of esters is 1. The lowest BCUT2D eigenvalue weighted by Gasteiger charge is -2.35. The topological polar surface area (TPSA) is 119 Å². The molecule has 1 aliphatic heterocycles. The molecule has 1 aromatic rings. The zero-order valence-corrected chi connectivity index (χ0v) is 13.9. The largest absolute Gasteiger partial charge is 0.463 e. The summed E-state index contributed by atoms with van der Waals surface area (Å²) in [7, 11) is 0. The number of imide groups is 1. The molecule has 0 radical (unpaired) electrons. The lowest BCUT2D eigenvalue weighted by molar-refractivity contribution is -0.384. The minimum atomic E-state index is -1.11. The highest BCUT2D eigenvalue weighted by atomic mass is 16.6. The van der Waals surface area contributed by atoms with Crippen molar-refractivity contribution in [3.05, 3.63) is 51.2 Å². The molecule has 1 N–H and O–H groups in total. The third-order valence-electron chi connectivity index (χ3n) is 3.68. The van der Waals surface area contributed by atoms with E-state index in [1.165, 1.54) is 38.1 Å². The minimum absolute atomic E-state index is 0.0529. The van der Waals surface area contributed by atoms with Crippen LogP contribution >= 0.6 is 0 Å². The van der Waals surface area contributed by atoms with Gasteiger partial charge in [-0.3, -0.25) is 19.8 Å². The monoisotopic (exact) mass is 347 g/mol. The van der Waals surface area contributed by atoms with Crippen molar-refractivity contribution in [1.82, 2.24) is 10.2 Å². The van der Waals surface area contributed by atoms with E-state index in [2.05, 4.69) is 5.32 Å². The Kier molecular flexibility index (Phi) is 5.16. The molecule has 1 aliphatic rings. The van der Waals surface area contributed by atoms with Gasteiger partial charge in [0.2, 0.25) is 5.91 Å². The number of benzene rings is 1. The Labute approximate surface area is 143 Å². The number of hydrogen-bond acceptors (Lipinski definition) is 6. The van der Waals surface area contributed by atoms with Gasteiger partial charge < -0.3 is 10.1 Å². The number of nitro benzene ring substituents is 1. The molecule has 1 atom stereocenters. The average molecular weight is 347 g/mol. The van der Waals surface area contributed by atoms with E-state index < -0.39 is 28.9 Å². The van der Waals surface area contributed by atoms with E-state index >= 15 is 0 Å². The molecule has 9 heteroatoms. The van der Waals surface area contributed by atoms with Gasteiger partial charge in [-0.05, 0) is 19.4 Å². The van der Waals surface area contributed by atoms with Crippen molar-refractivity contribution in [2.45, 2.75) is 26.8 Å². The number of nitro groups is 1. The summed E-state index contributed by atoms with van der Waals surface area (Å²) in [6.07, 6.45) is 0. The van der Waals surface area contributed by atoms with Crippen molar-refractivity contribution >= 4 is 23.6 Å². The lowest BCUT2D eigenvalue weighted by Crippen LogP contribution is -2.50. The van der Waals surface area contributed by atoms with Crippen LogP contribution in [0.15, 0.2) is 35.5 Å². The zero-order chi connectivity index (χ0) is 18.7. The maximum absolute atomic E-state index is 12.4. The van der Waals surface area contributed by atoms with E-state index in [1.807, 2.05) is 0 Å². The summed E-state index contributed by atoms with van der Waals surface area (Å²) in [6, 6.07) is 3.63. The van der Waals surface area contributed by atoms with Gasteiger partial charge in [-0.2, -0.15) is 0 Å². The van der Waals surface area contributed by atoms with Crippen LogP contribution in [0.4, 0.5) is 10.5 Å².